The molecule has 24 heavy (non-hydrogen) atoms. The molecule has 2 aromatic heterocycles. The number of thioether (sulfide) groups is 1. The van der Waals surface area contributed by atoms with E-state index in [2.05, 4.69) is 41.0 Å². The van der Waals surface area contributed by atoms with Gasteiger partial charge in [0.2, 0.25) is 5.16 Å². The van der Waals surface area contributed by atoms with Gasteiger partial charge in [-0.3, -0.25) is 4.79 Å². The van der Waals surface area contributed by atoms with Crippen LogP contribution in [0.1, 0.15) is 40.5 Å². The predicted octanol–water partition coefficient (Wildman–Crippen LogP) is 3.49. The molecule has 0 fully saturated rings. The Labute approximate surface area is 144 Å². The highest BCUT2D eigenvalue weighted by molar-refractivity contribution is 7.98. The smallest absolute Gasteiger partial charge is 0.253 e. The minimum Gasteiger partial charge on any atom is -0.294 e. The van der Waals surface area contributed by atoms with E-state index in [1.807, 2.05) is 12.1 Å². The Balaban J connectivity index is 1.65. The number of aryl methyl sites for hydroxylation is 1. The Morgan fingerprint density at radius 2 is 2.12 bits per heavy atom. The van der Waals surface area contributed by atoms with Crippen molar-refractivity contribution in [2.45, 2.75) is 37.6 Å². The van der Waals surface area contributed by atoms with Crippen molar-refractivity contribution >= 4 is 23.3 Å². The molecule has 1 unspecified atom stereocenters. The summed E-state index contributed by atoms with van der Waals surface area (Å²) < 4.78 is 1.75. The van der Waals surface area contributed by atoms with Crippen LogP contribution in [-0.4, -0.2) is 25.4 Å². The zero-order valence-electron chi connectivity index (χ0n) is 13.7. The maximum atomic E-state index is 12.2. The number of hydrogen-bond acceptors (Lipinski definition) is 5. The van der Waals surface area contributed by atoms with E-state index in [0.717, 1.165) is 17.9 Å². The SMILES string of the molecule is Cc1ccccc1CSc1nc2ncc3c(n2n1)CC(C)CC3=O. The van der Waals surface area contributed by atoms with E-state index in [1.54, 1.807) is 22.5 Å². The first-order valence-corrected chi connectivity index (χ1v) is 9.05. The Morgan fingerprint density at radius 1 is 1.29 bits per heavy atom. The van der Waals surface area contributed by atoms with E-state index >= 15 is 0 Å². The van der Waals surface area contributed by atoms with Gasteiger partial charge in [0.1, 0.15) is 0 Å². The van der Waals surface area contributed by atoms with Crippen LogP contribution in [0.15, 0.2) is 35.6 Å². The first-order chi connectivity index (χ1) is 11.6. The molecule has 2 heterocycles. The van der Waals surface area contributed by atoms with Gasteiger partial charge in [-0.1, -0.05) is 43.0 Å². The Hall–Kier alpha value is -2.21. The number of ketones is 1. The molecule has 6 heteroatoms. The second-order valence-electron chi connectivity index (χ2n) is 6.38. The number of fused-ring (bicyclic) bond motifs is 3. The molecule has 0 saturated carbocycles. The van der Waals surface area contributed by atoms with Gasteiger partial charge < -0.3 is 0 Å². The van der Waals surface area contributed by atoms with Crippen molar-refractivity contribution < 1.29 is 4.79 Å². The molecular formula is C18H18N4OS. The van der Waals surface area contributed by atoms with Crippen LogP contribution in [0.3, 0.4) is 0 Å². The van der Waals surface area contributed by atoms with Crippen LogP contribution in [0.5, 0.6) is 0 Å². The van der Waals surface area contributed by atoms with Gasteiger partial charge in [-0.25, -0.2) is 4.98 Å². The maximum Gasteiger partial charge on any atom is 0.253 e. The molecule has 0 spiro atoms. The van der Waals surface area contributed by atoms with Crippen LogP contribution in [0.25, 0.3) is 5.78 Å². The summed E-state index contributed by atoms with van der Waals surface area (Å²) in [5.74, 6) is 1.88. The largest absolute Gasteiger partial charge is 0.294 e. The summed E-state index contributed by atoms with van der Waals surface area (Å²) in [6.07, 6.45) is 3.08. The van der Waals surface area contributed by atoms with Crippen LogP contribution in [0, 0.1) is 12.8 Å². The molecule has 0 amide bonds. The Bertz CT molecular complexity index is 934. The van der Waals surface area contributed by atoms with Crippen molar-refractivity contribution in [1.82, 2.24) is 19.6 Å². The minimum atomic E-state index is 0.155. The van der Waals surface area contributed by atoms with Crippen molar-refractivity contribution in [3.63, 3.8) is 0 Å². The third kappa shape index (κ3) is 2.71. The lowest BCUT2D eigenvalue weighted by molar-refractivity contribution is 0.0951. The minimum absolute atomic E-state index is 0.155. The summed E-state index contributed by atoms with van der Waals surface area (Å²) in [4.78, 5) is 21.0. The average Bonchev–Trinajstić information content (AvgIpc) is 2.97. The van der Waals surface area contributed by atoms with E-state index in [9.17, 15) is 4.79 Å². The van der Waals surface area contributed by atoms with Gasteiger partial charge in [0, 0.05) is 18.4 Å². The zero-order chi connectivity index (χ0) is 16.7. The van der Waals surface area contributed by atoms with Crippen LogP contribution in [0.4, 0.5) is 0 Å². The molecule has 1 aliphatic rings. The van der Waals surface area contributed by atoms with Crippen LogP contribution < -0.4 is 0 Å². The first kappa shape index (κ1) is 15.3. The molecule has 0 radical (unpaired) electrons. The number of benzene rings is 1. The number of Topliss-reactive ketones (excluding diaryl/α,β-unsaturated/α-hetero) is 1. The number of carbonyl (C=O) groups is 1. The number of aromatic nitrogens is 4. The highest BCUT2D eigenvalue weighted by Crippen LogP contribution is 2.27. The maximum absolute atomic E-state index is 12.2. The van der Waals surface area contributed by atoms with Gasteiger partial charge in [0.05, 0.1) is 11.3 Å². The molecule has 0 aliphatic heterocycles. The number of carbonyl (C=O) groups excluding carboxylic acids is 1. The van der Waals surface area contributed by atoms with Crippen molar-refractivity contribution in [3.8, 4) is 0 Å². The standard InChI is InChI=1S/C18H18N4OS/c1-11-7-15-14(16(23)8-11)9-19-17-20-18(21-22(15)17)24-10-13-6-4-3-5-12(13)2/h3-6,9,11H,7-8,10H2,1-2H3. The van der Waals surface area contributed by atoms with Gasteiger partial charge in [-0.15, -0.1) is 5.10 Å². The molecule has 0 saturated heterocycles. The van der Waals surface area contributed by atoms with Crippen molar-refractivity contribution in [1.29, 1.82) is 0 Å². The molecule has 1 aromatic carbocycles. The highest BCUT2D eigenvalue weighted by atomic mass is 32.2. The molecule has 122 valence electrons. The first-order valence-electron chi connectivity index (χ1n) is 8.07. The number of hydrogen-bond donors (Lipinski definition) is 0. The van der Waals surface area contributed by atoms with Gasteiger partial charge >= 0.3 is 0 Å². The lowest BCUT2D eigenvalue weighted by atomic mass is 9.88. The van der Waals surface area contributed by atoms with Crippen molar-refractivity contribution in [2.24, 2.45) is 5.92 Å². The van der Waals surface area contributed by atoms with Gasteiger partial charge in [-0.05, 0) is 30.4 Å². The fraction of sp³-hybridized carbons (Fsp3) is 0.333. The van der Waals surface area contributed by atoms with Crippen molar-refractivity contribution in [3.05, 3.63) is 52.8 Å². The normalized spacial score (nSPS) is 17.2. The molecule has 1 atom stereocenters. The molecule has 0 N–H and O–H groups in total. The molecule has 4 rings (SSSR count). The predicted molar refractivity (Wildman–Crippen MR) is 93.3 cm³/mol. The topological polar surface area (TPSA) is 60.1 Å². The summed E-state index contributed by atoms with van der Waals surface area (Å²) in [5, 5.41) is 5.29. The zero-order valence-corrected chi connectivity index (χ0v) is 14.5. The summed E-state index contributed by atoms with van der Waals surface area (Å²) in [6, 6.07) is 8.32. The van der Waals surface area contributed by atoms with Crippen LogP contribution >= 0.6 is 11.8 Å². The van der Waals surface area contributed by atoms with Gasteiger partial charge in [-0.2, -0.15) is 9.50 Å². The summed E-state index contributed by atoms with van der Waals surface area (Å²) in [6.45, 7) is 4.20. The second-order valence-corrected chi connectivity index (χ2v) is 7.32. The lowest BCUT2D eigenvalue weighted by Gasteiger charge is -2.19. The summed E-state index contributed by atoms with van der Waals surface area (Å²) in [5.41, 5.74) is 4.18. The summed E-state index contributed by atoms with van der Waals surface area (Å²) >= 11 is 1.60. The van der Waals surface area contributed by atoms with Crippen LogP contribution in [0.2, 0.25) is 0 Å². The van der Waals surface area contributed by atoms with E-state index in [-0.39, 0.29) is 5.78 Å². The van der Waals surface area contributed by atoms with E-state index in [4.69, 9.17) is 0 Å². The van der Waals surface area contributed by atoms with E-state index in [0.29, 0.717) is 28.8 Å². The Morgan fingerprint density at radius 3 is 2.96 bits per heavy atom. The monoisotopic (exact) mass is 338 g/mol. The van der Waals surface area contributed by atoms with Crippen LogP contribution in [-0.2, 0) is 12.2 Å². The molecule has 5 nitrogen and oxygen atoms in total. The quantitative estimate of drug-likeness (QED) is 0.684. The van der Waals surface area contributed by atoms with Gasteiger partial charge in [0.15, 0.2) is 5.78 Å². The summed E-state index contributed by atoms with van der Waals surface area (Å²) in [7, 11) is 0. The number of rotatable bonds is 3. The fourth-order valence-electron chi connectivity index (χ4n) is 3.09. The molecular weight excluding hydrogens is 320 g/mol. The number of nitrogens with zero attached hydrogens (tertiary/aromatic N) is 4. The van der Waals surface area contributed by atoms with E-state index < -0.39 is 0 Å². The highest BCUT2D eigenvalue weighted by Gasteiger charge is 2.26. The Kier molecular flexibility index (Phi) is 3.84. The lowest BCUT2D eigenvalue weighted by Crippen LogP contribution is -2.21. The second kappa shape index (κ2) is 6.02. The third-order valence-electron chi connectivity index (χ3n) is 4.44. The molecule has 1 aliphatic carbocycles. The molecule has 3 aromatic rings. The van der Waals surface area contributed by atoms with Gasteiger partial charge in [0.25, 0.3) is 5.78 Å². The van der Waals surface area contributed by atoms with Crippen molar-refractivity contribution in [2.75, 3.05) is 0 Å². The third-order valence-corrected chi connectivity index (χ3v) is 5.33. The fourth-order valence-corrected chi connectivity index (χ4v) is 3.99. The average molecular weight is 338 g/mol. The molecule has 0 bridgehead atoms. The van der Waals surface area contributed by atoms with E-state index in [1.165, 1.54) is 11.1 Å².